The second-order valence-corrected chi connectivity index (χ2v) is 8.88. The number of rotatable bonds is 1. The molecule has 5 heteroatoms. The monoisotopic (exact) mass is 367 g/mol. The Hall–Kier alpha value is -2.30. The van der Waals surface area contributed by atoms with Crippen LogP contribution in [0.2, 0.25) is 0 Å². The molecule has 2 aliphatic rings. The number of aromatic amines is 1. The van der Waals surface area contributed by atoms with Crippen molar-refractivity contribution in [1.82, 2.24) is 14.8 Å². The average Bonchev–Trinajstić information content (AvgIpc) is 3.04. The van der Waals surface area contributed by atoms with Gasteiger partial charge in [0, 0.05) is 53.8 Å². The molecular weight excluding hydrogens is 338 g/mol. The van der Waals surface area contributed by atoms with Crippen LogP contribution in [0.1, 0.15) is 55.2 Å². The summed E-state index contributed by atoms with van der Waals surface area (Å²) in [5.74, 6) is 0.237. The van der Waals surface area contributed by atoms with Gasteiger partial charge in [-0.15, -0.1) is 0 Å². The summed E-state index contributed by atoms with van der Waals surface area (Å²) in [6.45, 7) is 8.26. The number of aromatic nitrogens is 1. The quantitative estimate of drug-likeness (QED) is 0.840. The molecule has 1 aliphatic carbocycles. The molecule has 0 bridgehead atoms. The number of amides is 2. The zero-order valence-corrected chi connectivity index (χ0v) is 16.6. The van der Waals surface area contributed by atoms with E-state index in [1.807, 2.05) is 42.7 Å². The van der Waals surface area contributed by atoms with Crippen LogP contribution in [0.25, 0.3) is 10.9 Å². The molecule has 2 amide bonds. The lowest BCUT2D eigenvalue weighted by Gasteiger charge is -2.37. The Morgan fingerprint density at radius 2 is 1.63 bits per heavy atom. The van der Waals surface area contributed by atoms with Gasteiger partial charge in [0.2, 0.25) is 5.91 Å². The van der Waals surface area contributed by atoms with E-state index in [2.05, 4.69) is 11.1 Å². The molecule has 2 aromatic rings. The first-order valence-corrected chi connectivity index (χ1v) is 10.1. The predicted octanol–water partition coefficient (Wildman–Crippen LogP) is 3.38. The van der Waals surface area contributed by atoms with Gasteiger partial charge in [0.05, 0.1) is 0 Å². The smallest absolute Gasteiger partial charge is 0.253 e. The van der Waals surface area contributed by atoms with Crippen LogP contribution in [0.15, 0.2) is 18.2 Å². The molecule has 0 radical (unpaired) electrons. The third-order valence-corrected chi connectivity index (χ3v) is 5.84. The van der Waals surface area contributed by atoms with Crippen molar-refractivity contribution in [1.29, 1.82) is 0 Å². The van der Waals surface area contributed by atoms with Crippen LogP contribution in [0, 0.1) is 5.41 Å². The molecular formula is C22H29N3O2. The van der Waals surface area contributed by atoms with Crippen LogP contribution >= 0.6 is 0 Å². The van der Waals surface area contributed by atoms with E-state index in [4.69, 9.17) is 0 Å². The summed E-state index contributed by atoms with van der Waals surface area (Å²) in [6.07, 6.45) is 4.67. The Balaban J connectivity index is 1.50. The molecule has 0 atom stereocenters. The Labute approximate surface area is 160 Å². The summed E-state index contributed by atoms with van der Waals surface area (Å²) < 4.78 is 0. The topological polar surface area (TPSA) is 56.4 Å². The van der Waals surface area contributed by atoms with Crippen molar-refractivity contribution >= 4 is 22.7 Å². The van der Waals surface area contributed by atoms with E-state index >= 15 is 0 Å². The molecule has 0 spiro atoms. The van der Waals surface area contributed by atoms with Crippen molar-refractivity contribution in [3.8, 4) is 0 Å². The normalized spacial score (nSPS) is 17.9. The minimum absolute atomic E-state index is 0.0746. The van der Waals surface area contributed by atoms with E-state index in [1.54, 1.807) is 0 Å². The van der Waals surface area contributed by atoms with Crippen molar-refractivity contribution < 1.29 is 9.59 Å². The number of hydrogen-bond acceptors (Lipinski definition) is 2. The lowest BCUT2D eigenvalue weighted by Crippen LogP contribution is -2.53. The lowest BCUT2D eigenvalue weighted by molar-refractivity contribution is -0.140. The molecule has 1 N–H and O–H groups in total. The largest absolute Gasteiger partial charge is 0.358 e. The van der Waals surface area contributed by atoms with E-state index in [0.717, 1.165) is 23.9 Å². The minimum atomic E-state index is -0.370. The first-order valence-electron chi connectivity index (χ1n) is 10.1. The summed E-state index contributed by atoms with van der Waals surface area (Å²) in [4.78, 5) is 32.7. The van der Waals surface area contributed by atoms with Gasteiger partial charge in [0.1, 0.15) is 0 Å². The fourth-order valence-electron chi connectivity index (χ4n) is 4.31. The zero-order valence-electron chi connectivity index (χ0n) is 16.6. The number of nitrogens with zero attached hydrogens (tertiary/aromatic N) is 2. The minimum Gasteiger partial charge on any atom is -0.358 e. The van der Waals surface area contributed by atoms with Gasteiger partial charge < -0.3 is 14.8 Å². The number of hydrogen-bond donors (Lipinski definition) is 1. The van der Waals surface area contributed by atoms with E-state index in [9.17, 15) is 9.59 Å². The fraction of sp³-hybridized carbons (Fsp3) is 0.545. The van der Waals surface area contributed by atoms with E-state index in [-0.39, 0.29) is 17.2 Å². The van der Waals surface area contributed by atoms with Gasteiger partial charge >= 0.3 is 0 Å². The molecule has 1 aliphatic heterocycles. The summed E-state index contributed by atoms with van der Waals surface area (Å²) in [5, 5.41) is 1.21. The van der Waals surface area contributed by atoms with Gasteiger partial charge in [-0.3, -0.25) is 9.59 Å². The Morgan fingerprint density at radius 1 is 0.963 bits per heavy atom. The van der Waals surface area contributed by atoms with E-state index in [0.29, 0.717) is 26.2 Å². The number of aryl methyl sites for hydroxylation is 2. The molecule has 4 rings (SSSR count). The molecule has 1 aromatic heterocycles. The second kappa shape index (κ2) is 6.70. The van der Waals surface area contributed by atoms with Gasteiger partial charge in [-0.2, -0.15) is 0 Å². The zero-order chi connectivity index (χ0) is 19.2. The van der Waals surface area contributed by atoms with Crippen molar-refractivity contribution in [3.63, 3.8) is 0 Å². The third kappa shape index (κ3) is 3.35. The van der Waals surface area contributed by atoms with Crippen molar-refractivity contribution in [2.45, 2.75) is 46.5 Å². The maximum Gasteiger partial charge on any atom is 0.253 e. The van der Waals surface area contributed by atoms with E-state index in [1.165, 1.54) is 29.5 Å². The number of piperazine rings is 1. The first kappa shape index (κ1) is 18.1. The van der Waals surface area contributed by atoms with Crippen LogP contribution in [0.4, 0.5) is 0 Å². The summed E-state index contributed by atoms with van der Waals surface area (Å²) in [5.41, 5.74) is 4.26. The number of nitrogens with one attached hydrogen (secondary N) is 1. The highest BCUT2D eigenvalue weighted by atomic mass is 16.2. The van der Waals surface area contributed by atoms with Crippen LogP contribution in [-0.2, 0) is 17.6 Å². The van der Waals surface area contributed by atoms with Gasteiger partial charge in [0.25, 0.3) is 5.91 Å². The molecule has 1 aromatic carbocycles. The number of fused-ring (bicyclic) bond motifs is 3. The third-order valence-electron chi connectivity index (χ3n) is 5.84. The molecule has 5 nitrogen and oxygen atoms in total. The number of carbonyl (C=O) groups is 2. The second-order valence-electron chi connectivity index (χ2n) is 8.88. The first-order chi connectivity index (χ1) is 12.8. The van der Waals surface area contributed by atoms with Crippen molar-refractivity contribution in [2.24, 2.45) is 5.41 Å². The van der Waals surface area contributed by atoms with Gasteiger partial charge in [0.15, 0.2) is 0 Å². The van der Waals surface area contributed by atoms with Crippen LogP contribution in [-0.4, -0.2) is 52.8 Å². The maximum absolute atomic E-state index is 13.0. The molecule has 0 unspecified atom stereocenters. The molecule has 144 valence electrons. The molecule has 27 heavy (non-hydrogen) atoms. The van der Waals surface area contributed by atoms with E-state index < -0.39 is 0 Å². The predicted molar refractivity (Wildman–Crippen MR) is 107 cm³/mol. The van der Waals surface area contributed by atoms with Crippen LogP contribution < -0.4 is 0 Å². The Morgan fingerprint density at radius 3 is 2.33 bits per heavy atom. The van der Waals surface area contributed by atoms with Crippen LogP contribution in [0.5, 0.6) is 0 Å². The molecule has 1 fully saturated rings. The van der Waals surface area contributed by atoms with Gasteiger partial charge in [-0.05, 0) is 49.4 Å². The molecule has 1 saturated heterocycles. The summed E-state index contributed by atoms with van der Waals surface area (Å²) >= 11 is 0. The SMILES string of the molecule is CC(C)(C)C(=O)N1CCN(C(=O)c2ccc3[nH]c4c(c3c2)CCCC4)CC1. The maximum atomic E-state index is 13.0. The Bertz CT molecular complexity index is 883. The highest BCUT2D eigenvalue weighted by Gasteiger charge is 2.31. The fourth-order valence-corrected chi connectivity index (χ4v) is 4.31. The van der Waals surface area contributed by atoms with Crippen molar-refractivity contribution in [3.05, 3.63) is 35.0 Å². The molecule has 0 saturated carbocycles. The van der Waals surface area contributed by atoms with Gasteiger partial charge in [-0.25, -0.2) is 0 Å². The van der Waals surface area contributed by atoms with Gasteiger partial charge in [-0.1, -0.05) is 20.8 Å². The summed E-state index contributed by atoms with van der Waals surface area (Å²) in [6, 6.07) is 6.03. The number of benzene rings is 1. The average molecular weight is 367 g/mol. The Kier molecular flexibility index (Phi) is 4.49. The van der Waals surface area contributed by atoms with Crippen molar-refractivity contribution in [2.75, 3.05) is 26.2 Å². The highest BCUT2D eigenvalue weighted by molar-refractivity contribution is 5.99. The molecule has 2 heterocycles. The summed E-state index contributed by atoms with van der Waals surface area (Å²) in [7, 11) is 0. The standard InChI is InChI=1S/C22H29N3O2/c1-22(2,3)21(27)25-12-10-24(11-13-25)20(26)15-8-9-19-17(14-15)16-6-4-5-7-18(16)23-19/h8-9,14,23H,4-7,10-13H2,1-3H3. The highest BCUT2D eigenvalue weighted by Crippen LogP contribution is 2.30. The lowest BCUT2D eigenvalue weighted by atomic mass is 9.94. The number of carbonyl (C=O) groups excluding carboxylic acids is 2. The van der Waals surface area contributed by atoms with Crippen LogP contribution in [0.3, 0.4) is 0 Å². The number of H-pyrrole nitrogens is 1.